The SMILES string of the molecule is COc1ccc(C(N)C(C)n2cccn2)cc1. The quantitative estimate of drug-likeness (QED) is 0.877. The van der Waals surface area contributed by atoms with Crippen LogP contribution in [0.4, 0.5) is 0 Å². The molecule has 2 rings (SSSR count). The fraction of sp³-hybridized carbons (Fsp3) is 0.308. The molecule has 0 aliphatic heterocycles. The number of benzene rings is 1. The van der Waals surface area contributed by atoms with Crippen molar-refractivity contribution in [1.29, 1.82) is 0 Å². The maximum absolute atomic E-state index is 6.22. The molecular formula is C13H17N3O. The van der Waals surface area contributed by atoms with Crippen molar-refractivity contribution in [3.63, 3.8) is 0 Å². The van der Waals surface area contributed by atoms with Crippen molar-refractivity contribution in [3.8, 4) is 5.75 Å². The third kappa shape index (κ3) is 2.47. The van der Waals surface area contributed by atoms with Crippen molar-refractivity contribution in [2.24, 2.45) is 5.73 Å². The molecular weight excluding hydrogens is 214 g/mol. The van der Waals surface area contributed by atoms with Gasteiger partial charge in [-0.3, -0.25) is 4.68 Å². The molecule has 2 aromatic rings. The van der Waals surface area contributed by atoms with Crippen LogP contribution in [0.1, 0.15) is 24.6 Å². The highest BCUT2D eigenvalue weighted by Crippen LogP contribution is 2.24. The van der Waals surface area contributed by atoms with Crippen molar-refractivity contribution in [2.45, 2.75) is 19.0 Å². The van der Waals surface area contributed by atoms with Gasteiger partial charge in [0.15, 0.2) is 0 Å². The molecule has 0 aliphatic carbocycles. The van der Waals surface area contributed by atoms with E-state index in [0.717, 1.165) is 11.3 Å². The second kappa shape index (κ2) is 5.01. The Balaban J connectivity index is 2.16. The van der Waals surface area contributed by atoms with E-state index in [0.29, 0.717) is 0 Å². The molecule has 1 aromatic carbocycles. The summed E-state index contributed by atoms with van der Waals surface area (Å²) in [7, 11) is 1.65. The van der Waals surface area contributed by atoms with Gasteiger partial charge in [0.1, 0.15) is 5.75 Å². The van der Waals surface area contributed by atoms with Crippen LogP contribution in [0, 0.1) is 0 Å². The second-order valence-corrected chi connectivity index (χ2v) is 4.03. The van der Waals surface area contributed by atoms with Crippen LogP contribution in [0.3, 0.4) is 0 Å². The van der Waals surface area contributed by atoms with E-state index < -0.39 is 0 Å². The summed E-state index contributed by atoms with van der Waals surface area (Å²) in [6, 6.07) is 9.76. The van der Waals surface area contributed by atoms with E-state index in [2.05, 4.69) is 12.0 Å². The van der Waals surface area contributed by atoms with Gasteiger partial charge < -0.3 is 10.5 Å². The van der Waals surface area contributed by atoms with Crippen molar-refractivity contribution >= 4 is 0 Å². The minimum absolute atomic E-state index is 0.0826. The zero-order valence-corrected chi connectivity index (χ0v) is 10.1. The maximum Gasteiger partial charge on any atom is 0.118 e. The Kier molecular flexibility index (Phi) is 3.44. The lowest BCUT2D eigenvalue weighted by Gasteiger charge is -2.20. The Morgan fingerprint density at radius 2 is 2.00 bits per heavy atom. The van der Waals surface area contributed by atoms with Gasteiger partial charge in [-0.25, -0.2) is 0 Å². The molecule has 4 nitrogen and oxygen atoms in total. The van der Waals surface area contributed by atoms with Crippen LogP contribution in [0.25, 0.3) is 0 Å². The van der Waals surface area contributed by atoms with Crippen LogP contribution in [-0.2, 0) is 0 Å². The van der Waals surface area contributed by atoms with Crippen LogP contribution in [-0.4, -0.2) is 16.9 Å². The highest BCUT2D eigenvalue weighted by atomic mass is 16.5. The molecule has 0 aliphatic rings. The summed E-state index contributed by atoms with van der Waals surface area (Å²) in [5.74, 6) is 0.840. The van der Waals surface area contributed by atoms with E-state index in [1.54, 1.807) is 13.3 Å². The predicted octanol–water partition coefficient (Wildman–Crippen LogP) is 2.15. The molecule has 2 unspecified atom stereocenters. The summed E-state index contributed by atoms with van der Waals surface area (Å²) < 4.78 is 6.99. The topological polar surface area (TPSA) is 53.1 Å². The number of aromatic nitrogens is 2. The van der Waals surface area contributed by atoms with Crippen molar-refractivity contribution in [1.82, 2.24) is 9.78 Å². The first-order valence-electron chi connectivity index (χ1n) is 5.61. The molecule has 2 N–H and O–H groups in total. The van der Waals surface area contributed by atoms with Crippen LogP contribution < -0.4 is 10.5 Å². The molecule has 90 valence electrons. The van der Waals surface area contributed by atoms with E-state index in [1.807, 2.05) is 41.2 Å². The van der Waals surface area contributed by atoms with Gasteiger partial charge in [-0.1, -0.05) is 12.1 Å². The summed E-state index contributed by atoms with van der Waals surface area (Å²) in [5.41, 5.74) is 7.30. The number of methoxy groups -OCH3 is 1. The van der Waals surface area contributed by atoms with Gasteiger partial charge in [-0.15, -0.1) is 0 Å². The summed E-state index contributed by atoms with van der Waals surface area (Å²) >= 11 is 0. The Bertz CT molecular complexity index is 450. The number of rotatable bonds is 4. The standard InChI is InChI=1S/C13H17N3O/c1-10(16-9-3-8-15-16)13(14)11-4-6-12(17-2)7-5-11/h3-10,13H,14H2,1-2H3. The zero-order valence-electron chi connectivity index (χ0n) is 10.1. The Labute approximate surface area is 101 Å². The third-order valence-electron chi connectivity index (χ3n) is 2.96. The molecule has 0 radical (unpaired) electrons. The number of ether oxygens (including phenoxy) is 1. The van der Waals surface area contributed by atoms with Gasteiger partial charge in [0, 0.05) is 12.4 Å². The zero-order chi connectivity index (χ0) is 12.3. The van der Waals surface area contributed by atoms with Gasteiger partial charge in [-0.2, -0.15) is 5.10 Å². The molecule has 0 bridgehead atoms. The molecule has 1 aromatic heterocycles. The van der Waals surface area contributed by atoms with E-state index in [1.165, 1.54) is 0 Å². The maximum atomic E-state index is 6.22. The van der Waals surface area contributed by atoms with Gasteiger partial charge >= 0.3 is 0 Å². The van der Waals surface area contributed by atoms with E-state index in [-0.39, 0.29) is 12.1 Å². The number of hydrogen-bond donors (Lipinski definition) is 1. The minimum atomic E-state index is -0.0826. The Morgan fingerprint density at radius 1 is 1.29 bits per heavy atom. The van der Waals surface area contributed by atoms with Crippen molar-refractivity contribution in [2.75, 3.05) is 7.11 Å². The van der Waals surface area contributed by atoms with Crippen LogP contribution >= 0.6 is 0 Å². The average molecular weight is 231 g/mol. The van der Waals surface area contributed by atoms with Crippen molar-refractivity contribution in [3.05, 3.63) is 48.3 Å². The van der Waals surface area contributed by atoms with E-state index >= 15 is 0 Å². The largest absolute Gasteiger partial charge is 0.497 e. The fourth-order valence-electron chi connectivity index (χ4n) is 1.79. The highest BCUT2D eigenvalue weighted by molar-refractivity contribution is 5.29. The lowest BCUT2D eigenvalue weighted by molar-refractivity contribution is 0.408. The van der Waals surface area contributed by atoms with Gasteiger partial charge in [0.2, 0.25) is 0 Å². The molecule has 0 spiro atoms. The first-order chi connectivity index (χ1) is 8.22. The lowest BCUT2D eigenvalue weighted by Crippen LogP contribution is -2.22. The predicted molar refractivity (Wildman–Crippen MR) is 66.9 cm³/mol. The molecule has 0 saturated carbocycles. The van der Waals surface area contributed by atoms with Crippen LogP contribution in [0.15, 0.2) is 42.7 Å². The molecule has 0 saturated heterocycles. The second-order valence-electron chi connectivity index (χ2n) is 4.03. The van der Waals surface area contributed by atoms with E-state index in [4.69, 9.17) is 10.5 Å². The fourth-order valence-corrected chi connectivity index (χ4v) is 1.79. The Hall–Kier alpha value is -1.81. The lowest BCUT2D eigenvalue weighted by atomic mass is 10.0. The molecule has 1 heterocycles. The molecule has 17 heavy (non-hydrogen) atoms. The summed E-state index contributed by atoms with van der Waals surface area (Å²) in [6.07, 6.45) is 3.69. The minimum Gasteiger partial charge on any atom is -0.497 e. The Morgan fingerprint density at radius 3 is 2.53 bits per heavy atom. The number of nitrogens with zero attached hydrogens (tertiary/aromatic N) is 2. The first kappa shape index (κ1) is 11.7. The van der Waals surface area contributed by atoms with Gasteiger partial charge in [-0.05, 0) is 30.7 Å². The smallest absolute Gasteiger partial charge is 0.118 e. The van der Waals surface area contributed by atoms with Crippen LogP contribution in [0.5, 0.6) is 5.75 Å². The average Bonchev–Trinajstić information content (AvgIpc) is 2.91. The highest BCUT2D eigenvalue weighted by Gasteiger charge is 2.16. The number of hydrogen-bond acceptors (Lipinski definition) is 3. The van der Waals surface area contributed by atoms with Gasteiger partial charge in [0.05, 0.1) is 19.2 Å². The molecule has 0 amide bonds. The van der Waals surface area contributed by atoms with Gasteiger partial charge in [0.25, 0.3) is 0 Å². The first-order valence-corrected chi connectivity index (χ1v) is 5.61. The van der Waals surface area contributed by atoms with Crippen LogP contribution in [0.2, 0.25) is 0 Å². The molecule has 4 heteroatoms. The molecule has 2 atom stereocenters. The van der Waals surface area contributed by atoms with Crippen molar-refractivity contribution < 1.29 is 4.74 Å². The summed E-state index contributed by atoms with van der Waals surface area (Å²) in [5, 5.41) is 4.21. The summed E-state index contributed by atoms with van der Waals surface area (Å²) in [4.78, 5) is 0. The third-order valence-corrected chi connectivity index (χ3v) is 2.96. The van der Waals surface area contributed by atoms with E-state index in [9.17, 15) is 0 Å². The number of nitrogens with two attached hydrogens (primary N) is 1. The summed E-state index contributed by atoms with van der Waals surface area (Å²) in [6.45, 7) is 2.06. The normalized spacial score (nSPS) is 14.3. The monoisotopic (exact) mass is 231 g/mol. The molecule has 0 fully saturated rings.